The van der Waals surface area contributed by atoms with Crippen molar-refractivity contribution in [2.75, 3.05) is 7.11 Å². The number of amides is 2. The monoisotopic (exact) mass is 228 g/mol. The minimum Gasteiger partial charge on any atom is -0.344 e. The van der Waals surface area contributed by atoms with E-state index in [1.54, 1.807) is 0 Å². The van der Waals surface area contributed by atoms with Crippen LogP contribution in [0.5, 0.6) is 0 Å². The SMILES string of the molecule is CON(C(=O)C1CCCCC(=O)N1)C(C)C. The molecule has 0 spiro atoms. The van der Waals surface area contributed by atoms with E-state index >= 15 is 0 Å². The molecule has 1 aliphatic rings. The topological polar surface area (TPSA) is 58.6 Å². The van der Waals surface area contributed by atoms with E-state index in [4.69, 9.17) is 4.84 Å². The average molecular weight is 228 g/mol. The molecule has 0 bridgehead atoms. The molecular weight excluding hydrogens is 208 g/mol. The zero-order valence-electron chi connectivity index (χ0n) is 10.2. The first-order valence-electron chi connectivity index (χ1n) is 5.72. The highest BCUT2D eigenvalue weighted by atomic mass is 16.7. The van der Waals surface area contributed by atoms with Gasteiger partial charge in [0.25, 0.3) is 5.91 Å². The summed E-state index contributed by atoms with van der Waals surface area (Å²) in [5.74, 6) is -0.205. The van der Waals surface area contributed by atoms with Crippen molar-refractivity contribution in [1.82, 2.24) is 10.4 Å². The van der Waals surface area contributed by atoms with Crippen LogP contribution in [0.15, 0.2) is 0 Å². The summed E-state index contributed by atoms with van der Waals surface area (Å²) < 4.78 is 0. The molecule has 16 heavy (non-hydrogen) atoms. The predicted molar refractivity (Wildman–Crippen MR) is 59.4 cm³/mol. The Morgan fingerprint density at radius 3 is 2.75 bits per heavy atom. The van der Waals surface area contributed by atoms with Crippen LogP contribution in [0, 0.1) is 0 Å². The van der Waals surface area contributed by atoms with E-state index in [0.717, 1.165) is 12.8 Å². The lowest BCUT2D eigenvalue weighted by atomic mass is 10.1. The summed E-state index contributed by atoms with van der Waals surface area (Å²) in [7, 11) is 1.47. The zero-order chi connectivity index (χ0) is 12.1. The highest BCUT2D eigenvalue weighted by molar-refractivity contribution is 5.87. The number of hydroxylamine groups is 2. The van der Waals surface area contributed by atoms with Gasteiger partial charge in [-0.1, -0.05) is 6.42 Å². The van der Waals surface area contributed by atoms with E-state index in [9.17, 15) is 9.59 Å². The Bertz CT molecular complexity index is 266. The second-order valence-electron chi connectivity index (χ2n) is 4.31. The van der Waals surface area contributed by atoms with Crippen molar-refractivity contribution in [1.29, 1.82) is 0 Å². The van der Waals surface area contributed by atoms with Gasteiger partial charge in [-0.2, -0.15) is 0 Å². The summed E-state index contributed by atoms with van der Waals surface area (Å²) >= 11 is 0. The molecule has 1 rings (SSSR count). The fourth-order valence-corrected chi connectivity index (χ4v) is 1.87. The number of hydrogen-bond acceptors (Lipinski definition) is 3. The molecule has 1 N–H and O–H groups in total. The van der Waals surface area contributed by atoms with Crippen LogP contribution >= 0.6 is 0 Å². The van der Waals surface area contributed by atoms with Gasteiger partial charge >= 0.3 is 0 Å². The average Bonchev–Trinajstić information content (AvgIpc) is 2.43. The van der Waals surface area contributed by atoms with E-state index in [2.05, 4.69) is 5.32 Å². The van der Waals surface area contributed by atoms with Crippen molar-refractivity contribution in [3.63, 3.8) is 0 Å². The molecule has 1 saturated heterocycles. The molecule has 0 aromatic rings. The smallest absolute Gasteiger partial charge is 0.268 e. The Morgan fingerprint density at radius 1 is 1.50 bits per heavy atom. The number of hydrogen-bond donors (Lipinski definition) is 1. The van der Waals surface area contributed by atoms with Crippen LogP contribution in [0.3, 0.4) is 0 Å². The molecule has 0 saturated carbocycles. The highest BCUT2D eigenvalue weighted by Gasteiger charge is 2.28. The zero-order valence-corrected chi connectivity index (χ0v) is 10.2. The molecule has 0 aromatic carbocycles. The summed E-state index contributed by atoms with van der Waals surface area (Å²) in [6, 6.07) is -0.463. The number of carbonyl (C=O) groups is 2. The number of carbonyl (C=O) groups excluding carboxylic acids is 2. The second-order valence-corrected chi connectivity index (χ2v) is 4.31. The first-order chi connectivity index (χ1) is 7.56. The third-order valence-corrected chi connectivity index (χ3v) is 2.66. The molecule has 0 aromatic heterocycles. The van der Waals surface area contributed by atoms with Gasteiger partial charge in [-0.05, 0) is 26.7 Å². The molecule has 2 amide bonds. The Morgan fingerprint density at radius 2 is 2.19 bits per heavy atom. The van der Waals surface area contributed by atoms with Gasteiger partial charge in [0.05, 0.1) is 13.2 Å². The maximum absolute atomic E-state index is 12.1. The van der Waals surface area contributed by atoms with Gasteiger partial charge in [-0.3, -0.25) is 14.4 Å². The maximum atomic E-state index is 12.1. The molecule has 0 radical (unpaired) electrons. The molecule has 1 aliphatic heterocycles. The molecule has 1 fully saturated rings. The van der Waals surface area contributed by atoms with Crippen LogP contribution in [-0.2, 0) is 14.4 Å². The fourth-order valence-electron chi connectivity index (χ4n) is 1.87. The number of nitrogens with one attached hydrogen (secondary N) is 1. The van der Waals surface area contributed by atoms with Crippen LogP contribution in [0.2, 0.25) is 0 Å². The van der Waals surface area contributed by atoms with Gasteiger partial charge in [0.15, 0.2) is 0 Å². The Balaban J connectivity index is 2.66. The standard InChI is InChI=1S/C11H20N2O3/c1-8(2)13(16-3)11(15)9-6-4-5-7-10(14)12-9/h8-9H,4-7H2,1-3H3,(H,12,14). The first kappa shape index (κ1) is 13.0. The molecule has 5 heteroatoms. The van der Waals surface area contributed by atoms with E-state index in [1.807, 2.05) is 13.8 Å². The number of nitrogens with zero attached hydrogens (tertiary/aromatic N) is 1. The normalized spacial score (nSPS) is 21.5. The first-order valence-corrected chi connectivity index (χ1v) is 5.72. The molecule has 92 valence electrons. The number of rotatable bonds is 3. The van der Waals surface area contributed by atoms with Crippen LogP contribution in [0.4, 0.5) is 0 Å². The molecule has 0 aliphatic carbocycles. The molecular formula is C11H20N2O3. The van der Waals surface area contributed by atoms with Crippen molar-refractivity contribution >= 4 is 11.8 Å². The highest BCUT2D eigenvalue weighted by Crippen LogP contribution is 2.13. The molecule has 5 nitrogen and oxygen atoms in total. The Kier molecular flexibility index (Phi) is 4.73. The molecule has 1 atom stereocenters. The van der Waals surface area contributed by atoms with Crippen molar-refractivity contribution in [2.45, 2.75) is 51.6 Å². The van der Waals surface area contributed by atoms with Gasteiger partial charge in [-0.25, -0.2) is 5.06 Å². The van der Waals surface area contributed by atoms with Gasteiger partial charge in [0.2, 0.25) is 5.91 Å². The second kappa shape index (κ2) is 5.84. The summed E-state index contributed by atoms with van der Waals surface area (Å²) in [6.07, 6.45) is 2.95. The predicted octanol–water partition coefficient (Wildman–Crippen LogP) is 0.844. The van der Waals surface area contributed by atoms with Crippen molar-refractivity contribution in [2.24, 2.45) is 0 Å². The van der Waals surface area contributed by atoms with Gasteiger partial charge in [-0.15, -0.1) is 0 Å². The lowest BCUT2D eigenvalue weighted by Crippen LogP contribution is -2.49. The van der Waals surface area contributed by atoms with E-state index in [0.29, 0.717) is 12.8 Å². The van der Waals surface area contributed by atoms with Gasteiger partial charge in [0.1, 0.15) is 6.04 Å². The third-order valence-electron chi connectivity index (χ3n) is 2.66. The summed E-state index contributed by atoms with van der Waals surface area (Å²) in [6.45, 7) is 3.75. The lowest BCUT2D eigenvalue weighted by molar-refractivity contribution is -0.187. The summed E-state index contributed by atoms with van der Waals surface area (Å²) in [5, 5.41) is 4.05. The van der Waals surface area contributed by atoms with Crippen LogP contribution < -0.4 is 5.32 Å². The largest absolute Gasteiger partial charge is 0.344 e. The van der Waals surface area contributed by atoms with Crippen LogP contribution in [0.25, 0.3) is 0 Å². The van der Waals surface area contributed by atoms with Gasteiger partial charge in [0, 0.05) is 6.42 Å². The maximum Gasteiger partial charge on any atom is 0.268 e. The molecule has 1 unspecified atom stereocenters. The quantitative estimate of drug-likeness (QED) is 0.728. The van der Waals surface area contributed by atoms with Crippen molar-refractivity contribution < 1.29 is 14.4 Å². The van der Waals surface area contributed by atoms with Gasteiger partial charge < -0.3 is 5.32 Å². The van der Waals surface area contributed by atoms with E-state index < -0.39 is 6.04 Å². The minimum atomic E-state index is -0.433. The van der Waals surface area contributed by atoms with Crippen molar-refractivity contribution in [3.05, 3.63) is 0 Å². The van der Waals surface area contributed by atoms with E-state index in [-0.39, 0.29) is 17.9 Å². The fraction of sp³-hybridized carbons (Fsp3) is 0.818. The summed E-state index contributed by atoms with van der Waals surface area (Å²) in [4.78, 5) is 28.4. The Labute approximate surface area is 96.1 Å². The van der Waals surface area contributed by atoms with E-state index in [1.165, 1.54) is 12.2 Å². The van der Waals surface area contributed by atoms with Crippen LogP contribution in [0.1, 0.15) is 39.5 Å². The molecule has 1 heterocycles. The lowest BCUT2D eigenvalue weighted by Gasteiger charge is -2.27. The minimum absolute atomic E-state index is 0.0299. The summed E-state index contributed by atoms with van der Waals surface area (Å²) in [5.41, 5.74) is 0. The van der Waals surface area contributed by atoms with Crippen molar-refractivity contribution in [3.8, 4) is 0 Å². The van der Waals surface area contributed by atoms with Crippen LogP contribution in [-0.4, -0.2) is 36.1 Å². The Hall–Kier alpha value is -1.10. The third kappa shape index (κ3) is 3.20.